The fourth-order valence-corrected chi connectivity index (χ4v) is 2.98. The molecule has 3 aromatic rings. The number of pyridine rings is 1. The van der Waals surface area contributed by atoms with Crippen molar-refractivity contribution in [2.24, 2.45) is 0 Å². The molecule has 0 aliphatic heterocycles. The molecule has 1 amide bonds. The number of amides is 1. The molecule has 3 aromatic heterocycles. The highest BCUT2D eigenvalue weighted by Gasteiger charge is 2.16. The third-order valence-corrected chi connectivity index (χ3v) is 4.26. The lowest BCUT2D eigenvalue weighted by atomic mass is 10.3. The lowest BCUT2D eigenvalue weighted by Crippen LogP contribution is -2.27. The Morgan fingerprint density at radius 3 is 2.92 bits per heavy atom. The van der Waals surface area contributed by atoms with E-state index in [1.54, 1.807) is 43.5 Å². The van der Waals surface area contributed by atoms with Crippen molar-refractivity contribution in [1.82, 2.24) is 20.0 Å². The van der Waals surface area contributed by atoms with Gasteiger partial charge in [-0.05, 0) is 24.3 Å². The standard InChI is InChI=1S/C16H16N4O3S/c1-11-18-15(19-23-11)13-6-3-7-17-16(13)24-10-14(21)20(2)9-12-5-4-8-22-12/h3-8H,9-10H2,1-2H3. The topological polar surface area (TPSA) is 85.3 Å². The SMILES string of the molecule is Cc1nc(-c2cccnc2SCC(=O)N(C)Cc2ccco2)no1. The van der Waals surface area contributed by atoms with Crippen LogP contribution in [0.15, 0.2) is 50.7 Å². The van der Waals surface area contributed by atoms with E-state index in [0.717, 1.165) is 11.3 Å². The molecule has 8 heteroatoms. The van der Waals surface area contributed by atoms with Crippen molar-refractivity contribution >= 4 is 17.7 Å². The molecule has 0 saturated heterocycles. The molecule has 0 N–H and O–H groups in total. The summed E-state index contributed by atoms with van der Waals surface area (Å²) in [6.45, 7) is 2.16. The van der Waals surface area contributed by atoms with E-state index in [-0.39, 0.29) is 11.7 Å². The summed E-state index contributed by atoms with van der Waals surface area (Å²) in [4.78, 5) is 22.4. The number of furan rings is 1. The van der Waals surface area contributed by atoms with Gasteiger partial charge in [0.1, 0.15) is 10.8 Å². The Balaban J connectivity index is 1.65. The molecule has 0 saturated carbocycles. The number of aromatic nitrogens is 3. The highest BCUT2D eigenvalue weighted by Crippen LogP contribution is 2.27. The molecule has 3 rings (SSSR count). The number of thioether (sulfide) groups is 1. The van der Waals surface area contributed by atoms with E-state index in [9.17, 15) is 4.79 Å². The first-order valence-electron chi connectivity index (χ1n) is 7.28. The minimum atomic E-state index is -0.0164. The number of carbonyl (C=O) groups is 1. The minimum absolute atomic E-state index is 0.0164. The van der Waals surface area contributed by atoms with Crippen LogP contribution in [0.3, 0.4) is 0 Å². The molecule has 0 spiro atoms. The molecule has 0 bridgehead atoms. The van der Waals surface area contributed by atoms with E-state index in [4.69, 9.17) is 8.94 Å². The number of hydrogen-bond acceptors (Lipinski definition) is 7. The van der Waals surface area contributed by atoms with E-state index in [0.29, 0.717) is 23.3 Å². The molecule has 0 aliphatic carbocycles. The maximum atomic E-state index is 12.3. The zero-order valence-electron chi connectivity index (χ0n) is 13.3. The smallest absolute Gasteiger partial charge is 0.233 e. The van der Waals surface area contributed by atoms with Crippen LogP contribution in [0.4, 0.5) is 0 Å². The zero-order valence-corrected chi connectivity index (χ0v) is 14.1. The maximum Gasteiger partial charge on any atom is 0.233 e. The first-order chi connectivity index (χ1) is 11.6. The summed E-state index contributed by atoms with van der Waals surface area (Å²) in [5.74, 6) is 1.95. The molecule has 24 heavy (non-hydrogen) atoms. The first-order valence-corrected chi connectivity index (χ1v) is 8.27. The largest absolute Gasteiger partial charge is 0.467 e. The van der Waals surface area contributed by atoms with Gasteiger partial charge in [-0.25, -0.2) is 4.98 Å². The summed E-state index contributed by atoms with van der Waals surface area (Å²) >= 11 is 1.35. The van der Waals surface area contributed by atoms with Crippen LogP contribution in [0.1, 0.15) is 11.7 Å². The highest BCUT2D eigenvalue weighted by molar-refractivity contribution is 8.00. The van der Waals surface area contributed by atoms with Gasteiger partial charge < -0.3 is 13.8 Å². The number of carbonyl (C=O) groups excluding carboxylic acids is 1. The van der Waals surface area contributed by atoms with Gasteiger partial charge >= 0.3 is 0 Å². The number of rotatable bonds is 6. The first kappa shape index (κ1) is 16.3. The Labute approximate surface area is 143 Å². The van der Waals surface area contributed by atoms with E-state index in [1.807, 2.05) is 12.1 Å². The quantitative estimate of drug-likeness (QED) is 0.636. The Morgan fingerprint density at radius 1 is 1.33 bits per heavy atom. The van der Waals surface area contributed by atoms with E-state index < -0.39 is 0 Å². The van der Waals surface area contributed by atoms with Crippen LogP contribution in [-0.4, -0.2) is 38.7 Å². The molecule has 0 aliphatic rings. The third-order valence-electron chi connectivity index (χ3n) is 3.27. The van der Waals surface area contributed by atoms with E-state index in [2.05, 4.69) is 15.1 Å². The van der Waals surface area contributed by atoms with Gasteiger partial charge in [0.25, 0.3) is 0 Å². The summed E-state index contributed by atoms with van der Waals surface area (Å²) in [6.07, 6.45) is 3.27. The van der Waals surface area contributed by atoms with Crippen molar-refractivity contribution in [3.63, 3.8) is 0 Å². The van der Waals surface area contributed by atoms with Crippen molar-refractivity contribution < 1.29 is 13.7 Å². The van der Waals surface area contributed by atoms with Gasteiger partial charge in [0, 0.05) is 20.2 Å². The highest BCUT2D eigenvalue weighted by atomic mass is 32.2. The lowest BCUT2D eigenvalue weighted by Gasteiger charge is -2.15. The lowest BCUT2D eigenvalue weighted by molar-refractivity contribution is -0.127. The minimum Gasteiger partial charge on any atom is -0.467 e. The second kappa shape index (κ2) is 7.31. The Hall–Kier alpha value is -2.61. The average molecular weight is 344 g/mol. The molecular weight excluding hydrogens is 328 g/mol. The Kier molecular flexibility index (Phi) is 4.95. The molecule has 0 atom stereocenters. The molecular formula is C16H16N4O3S. The summed E-state index contributed by atoms with van der Waals surface area (Å²) < 4.78 is 10.3. The van der Waals surface area contributed by atoms with Crippen molar-refractivity contribution in [3.05, 3.63) is 48.4 Å². The maximum absolute atomic E-state index is 12.3. The second-order valence-electron chi connectivity index (χ2n) is 5.11. The second-order valence-corrected chi connectivity index (χ2v) is 6.08. The van der Waals surface area contributed by atoms with Crippen LogP contribution >= 0.6 is 11.8 Å². The summed E-state index contributed by atoms with van der Waals surface area (Å²) in [7, 11) is 1.74. The van der Waals surface area contributed by atoms with Gasteiger partial charge in [0.05, 0.1) is 24.1 Å². The molecule has 7 nitrogen and oxygen atoms in total. The fraction of sp³-hybridized carbons (Fsp3) is 0.250. The average Bonchev–Trinajstić information content (AvgIpc) is 3.24. The summed E-state index contributed by atoms with van der Waals surface area (Å²) in [6, 6.07) is 7.30. The molecule has 0 unspecified atom stereocenters. The number of hydrogen-bond donors (Lipinski definition) is 0. The van der Waals surface area contributed by atoms with Crippen LogP contribution in [-0.2, 0) is 11.3 Å². The van der Waals surface area contributed by atoms with Gasteiger partial charge in [0.2, 0.25) is 17.6 Å². The third kappa shape index (κ3) is 3.83. The molecule has 0 fully saturated rings. The van der Waals surface area contributed by atoms with Crippen LogP contribution < -0.4 is 0 Å². The predicted molar refractivity (Wildman–Crippen MR) is 88.2 cm³/mol. The molecule has 3 heterocycles. The van der Waals surface area contributed by atoms with Gasteiger partial charge in [-0.2, -0.15) is 4.98 Å². The van der Waals surface area contributed by atoms with Crippen molar-refractivity contribution in [3.8, 4) is 11.4 Å². The van der Waals surface area contributed by atoms with E-state index in [1.165, 1.54) is 11.8 Å². The van der Waals surface area contributed by atoms with Gasteiger partial charge in [-0.15, -0.1) is 0 Å². The van der Waals surface area contributed by atoms with Crippen LogP contribution in [0.2, 0.25) is 0 Å². The van der Waals surface area contributed by atoms with Gasteiger partial charge in [0.15, 0.2) is 0 Å². The number of nitrogens with zero attached hydrogens (tertiary/aromatic N) is 4. The van der Waals surface area contributed by atoms with Crippen molar-refractivity contribution in [1.29, 1.82) is 0 Å². The Bertz CT molecular complexity index is 816. The normalized spacial score (nSPS) is 10.8. The monoisotopic (exact) mass is 344 g/mol. The molecule has 124 valence electrons. The van der Waals surface area contributed by atoms with E-state index >= 15 is 0 Å². The fourth-order valence-electron chi connectivity index (χ4n) is 2.05. The summed E-state index contributed by atoms with van der Waals surface area (Å²) in [5, 5.41) is 4.60. The molecule has 0 radical (unpaired) electrons. The van der Waals surface area contributed by atoms with Crippen LogP contribution in [0, 0.1) is 6.92 Å². The van der Waals surface area contributed by atoms with Gasteiger partial charge in [-0.3, -0.25) is 4.79 Å². The Morgan fingerprint density at radius 2 is 2.21 bits per heavy atom. The number of aryl methyl sites for hydroxylation is 1. The predicted octanol–water partition coefficient (Wildman–Crippen LogP) is 2.78. The summed E-state index contributed by atoms with van der Waals surface area (Å²) in [5.41, 5.74) is 0.751. The van der Waals surface area contributed by atoms with Gasteiger partial charge in [-0.1, -0.05) is 16.9 Å². The zero-order chi connectivity index (χ0) is 16.9. The van der Waals surface area contributed by atoms with Crippen LogP contribution in [0.5, 0.6) is 0 Å². The van der Waals surface area contributed by atoms with Crippen molar-refractivity contribution in [2.75, 3.05) is 12.8 Å². The molecule has 0 aromatic carbocycles. The van der Waals surface area contributed by atoms with Crippen LogP contribution in [0.25, 0.3) is 11.4 Å². The van der Waals surface area contributed by atoms with Crippen molar-refractivity contribution in [2.45, 2.75) is 18.5 Å².